The molecule has 0 radical (unpaired) electrons. The molecule has 1 aromatic rings. The minimum atomic E-state index is -0.831. The van der Waals surface area contributed by atoms with Crippen molar-refractivity contribution in [1.82, 2.24) is 5.32 Å². The van der Waals surface area contributed by atoms with E-state index in [4.69, 9.17) is 4.74 Å². The Bertz CT molecular complexity index is 374. The third-order valence-corrected chi connectivity index (χ3v) is 2.95. The monoisotopic (exact) mass is 301 g/mol. The molecule has 0 saturated heterocycles. The van der Waals surface area contributed by atoms with Crippen molar-refractivity contribution >= 4 is 15.9 Å². The molecule has 1 unspecified atom stereocenters. The van der Waals surface area contributed by atoms with Crippen LogP contribution in [0.3, 0.4) is 0 Å². The molecular weight excluding hydrogens is 282 g/mol. The van der Waals surface area contributed by atoms with Crippen LogP contribution >= 0.6 is 15.9 Å². The maximum absolute atomic E-state index is 9.68. The van der Waals surface area contributed by atoms with E-state index in [9.17, 15) is 5.11 Å². The number of aliphatic hydroxyl groups is 1. The maximum atomic E-state index is 9.68. The Labute approximate surface area is 111 Å². The zero-order chi connectivity index (χ0) is 13.1. The van der Waals surface area contributed by atoms with E-state index in [0.717, 1.165) is 15.8 Å². The summed E-state index contributed by atoms with van der Waals surface area (Å²) in [6.45, 7) is 5.80. The number of halogens is 1. The Morgan fingerprint density at radius 1 is 1.47 bits per heavy atom. The van der Waals surface area contributed by atoms with Crippen LogP contribution < -0.4 is 10.1 Å². The number of benzene rings is 1. The molecule has 1 atom stereocenters. The highest BCUT2D eigenvalue weighted by Crippen LogP contribution is 2.29. The van der Waals surface area contributed by atoms with E-state index in [1.165, 1.54) is 0 Å². The topological polar surface area (TPSA) is 41.5 Å². The molecule has 0 aromatic heterocycles. The van der Waals surface area contributed by atoms with Gasteiger partial charge in [-0.1, -0.05) is 22.0 Å². The predicted octanol–water partition coefficient (Wildman–Crippen LogP) is 2.88. The molecule has 0 bridgehead atoms. The summed E-state index contributed by atoms with van der Waals surface area (Å²) in [6.07, 6.45) is 0. The number of ether oxygens (including phenoxy) is 1. The fourth-order valence-corrected chi connectivity index (χ4v) is 1.74. The summed E-state index contributed by atoms with van der Waals surface area (Å²) in [5.41, 5.74) is 0.252. The average molecular weight is 302 g/mol. The van der Waals surface area contributed by atoms with Gasteiger partial charge in [0.15, 0.2) is 0 Å². The molecule has 0 fully saturated rings. The summed E-state index contributed by atoms with van der Waals surface area (Å²) in [6, 6.07) is 6.14. The van der Waals surface area contributed by atoms with Gasteiger partial charge in [-0.3, -0.25) is 0 Å². The second-order valence-corrected chi connectivity index (χ2v) is 5.71. The highest BCUT2D eigenvalue weighted by molar-refractivity contribution is 9.10. The van der Waals surface area contributed by atoms with Gasteiger partial charge in [0.1, 0.15) is 12.4 Å². The normalized spacial score (nSPS) is 13.5. The van der Waals surface area contributed by atoms with Gasteiger partial charge >= 0.3 is 0 Å². The molecule has 0 amide bonds. The molecule has 17 heavy (non-hydrogen) atoms. The van der Waals surface area contributed by atoms with Gasteiger partial charge in [0.05, 0.1) is 5.60 Å². The summed E-state index contributed by atoms with van der Waals surface area (Å²) >= 11 is 3.42. The van der Waals surface area contributed by atoms with E-state index < -0.39 is 5.60 Å². The lowest BCUT2D eigenvalue weighted by Crippen LogP contribution is -2.28. The fraction of sp³-hybridized carbons (Fsp3) is 0.538. The summed E-state index contributed by atoms with van der Waals surface area (Å²) < 4.78 is 6.65. The average Bonchev–Trinajstić information content (AvgIpc) is 2.24. The van der Waals surface area contributed by atoms with Crippen LogP contribution in [0.2, 0.25) is 0 Å². The van der Waals surface area contributed by atoms with Crippen LogP contribution in [0.5, 0.6) is 5.75 Å². The first-order chi connectivity index (χ1) is 7.83. The zero-order valence-corrected chi connectivity index (χ0v) is 12.3. The van der Waals surface area contributed by atoms with E-state index >= 15 is 0 Å². The number of hydrogen-bond donors (Lipinski definition) is 2. The fourth-order valence-electron chi connectivity index (χ4n) is 1.40. The smallest absolute Gasteiger partial charge is 0.125 e. The molecule has 3 nitrogen and oxygen atoms in total. The lowest BCUT2D eigenvalue weighted by atomic mass is 10.1. The third-order valence-electron chi connectivity index (χ3n) is 2.46. The Hall–Kier alpha value is -0.580. The predicted molar refractivity (Wildman–Crippen MR) is 73.4 cm³/mol. The molecule has 1 aromatic carbocycles. The van der Waals surface area contributed by atoms with E-state index in [-0.39, 0.29) is 12.6 Å². The summed E-state index contributed by atoms with van der Waals surface area (Å²) in [7, 11) is 1.91. The van der Waals surface area contributed by atoms with Gasteiger partial charge in [-0.15, -0.1) is 0 Å². The number of rotatable bonds is 5. The summed E-state index contributed by atoms with van der Waals surface area (Å²) in [4.78, 5) is 0. The Morgan fingerprint density at radius 2 is 2.12 bits per heavy atom. The van der Waals surface area contributed by atoms with Crippen LogP contribution in [0.4, 0.5) is 0 Å². The first-order valence-corrected chi connectivity index (χ1v) is 6.44. The molecule has 0 saturated carbocycles. The molecule has 1 rings (SSSR count). The molecule has 0 aliphatic heterocycles. The molecular formula is C13H20BrNO2. The molecule has 4 heteroatoms. The zero-order valence-electron chi connectivity index (χ0n) is 10.7. The minimum absolute atomic E-state index is 0.208. The largest absolute Gasteiger partial charge is 0.490 e. The van der Waals surface area contributed by atoms with Crippen LogP contribution in [0.25, 0.3) is 0 Å². The van der Waals surface area contributed by atoms with Gasteiger partial charge < -0.3 is 15.2 Å². The number of hydrogen-bond acceptors (Lipinski definition) is 3. The second-order valence-electron chi connectivity index (χ2n) is 4.79. The van der Waals surface area contributed by atoms with E-state index in [2.05, 4.69) is 28.2 Å². The quantitative estimate of drug-likeness (QED) is 0.879. The molecule has 0 heterocycles. The summed E-state index contributed by atoms with van der Waals surface area (Å²) in [5, 5.41) is 12.9. The lowest BCUT2D eigenvalue weighted by Gasteiger charge is -2.21. The Morgan fingerprint density at radius 3 is 2.65 bits per heavy atom. The second kappa shape index (κ2) is 5.85. The van der Waals surface area contributed by atoms with Crippen molar-refractivity contribution in [1.29, 1.82) is 0 Å². The Balaban J connectivity index is 2.91. The minimum Gasteiger partial charge on any atom is -0.490 e. The van der Waals surface area contributed by atoms with Crippen LogP contribution in [0.1, 0.15) is 32.4 Å². The van der Waals surface area contributed by atoms with Gasteiger partial charge in [-0.05, 0) is 40.0 Å². The van der Waals surface area contributed by atoms with Crippen molar-refractivity contribution in [2.24, 2.45) is 0 Å². The van der Waals surface area contributed by atoms with Crippen LogP contribution in [-0.2, 0) is 0 Å². The third kappa shape index (κ3) is 4.66. The molecule has 0 spiro atoms. The maximum Gasteiger partial charge on any atom is 0.125 e. The highest BCUT2D eigenvalue weighted by atomic mass is 79.9. The van der Waals surface area contributed by atoms with Crippen LogP contribution in [0.15, 0.2) is 22.7 Å². The highest BCUT2D eigenvalue weighted by Gasteiger charge is 2.16. The first-order valence-electron chi connectivity index (χ1n) is 5.65. The lowest BCUT2D eigenvalue weighted by molar-refractivity contribution is 0.0280. The van der Waals surface area contributed by atoms with Gasteiger partial charge in [0.25, 0.3) is 0 Å². The van der Waals surface area contributed by atoms with E-state index in [1.54, 1.807) is 13.8 Å². The van der Waals surface area contributed by atoms with E-state index in [0.29, 0.717) is 0 Å². The van der Waals surface area contributed by atoms with Gasteiger partial charge in [0, 0.05) is 16.1 Å². The standard InChI is InChI=1S/C13H20BrNO2/c1-9(15-4)11-6-5-10(14)7-12(11)17-8-13(2,3)16/h5-7,9,15-16H,8H2,1-4H3. The van der Waals surface area contributed by atoms with Gasteiger partial charge in [-0.25, -0.2) is 0 Å². The van der Waals surface area contributed by atoms with Crippen molar-refractivity contribution in [3.8, 4) is 5.75 Å². The Kier molecular flexibility index (Phi) is 4.98. The summed E-state index contributed by atoms with van der Waals surface area (Å²) in [5.74, 6) is 0.795. The van der Waals surface area contributed by atoms with Crippen molar-refractivity contribution in [3.63, 3.8) is 0 Å². The van der Waals surface area contributed by atoms with Crippen LogP contribution in [-0.4, -0.2) is 24.4 Å². The first kappa shape index (κ1) is 14.5. The SMILES string of the molecule is CNC(C)c1ccc(Br)cc1OCC(C)(C)O. The molecule has 0 aliphatic rings. The van der Waals surface area contributed by atoms with Crippen molar-refractivity contribution < 1.29 is 9.84 Å². The molecule has 2 N–H and O–H groups in total. The number of nitrogens with one attached hydrogen (secondary N) is 1. The van der Waals surface area contributed by atoms with Crippen molar-refractivity contribution in [2.45, 2.75) is 32.4 Å². The van der Waals surface area contributed by atoms with Gasteiger partial charge in [-0.2, -0.15) is 0 Å². The van der Waals surface area contributed by atoms with Crippen LogP contribution in [0, 0.1) is 0 Å². The molecule has 0 aliphatic carbocycles. The molecule has 96 valence electrons. The van der Waals surface area contributed by atoms with Crippen molar-refractivity contribution in [2.75, 3.05) is 13.7 Å². The van der Waals surface area contributed by atoms with Gasteiger partial charge in [0.2, 0.25) is 0 Å². The van der Waals surface area contributed by atoms with Crippen molar-refractivity contribution in [3.05, 3.63) is 28.2 Å². The van der Waals surface area contributed by atoms with E-state index in [1.807, 2.05) is 25.2 Å².